The number of amides is 1. The van der Waals surface area contributed by atoms with Crippen LogP contribution in [0.15, 0.2) is 16.9 Å². The van der Waals surface area contributed by atoms with Gasteiger partial charge in [-0.2, -0.15) is 0 Å². The lowest BCUT2D eigenvalue weighted by Gasteiger charge is -2.32. The van der Waals surface area contributed by atoms with Crippen molar-refractivity contribution >= 4 is 11.6 Å². The third-order valence-electron chi connectivity index (χ3n) is 6.09. The number of rotatable bonds is 4. The van der Waals surface area contributed by atoms with Gasteiger partial charge in [0.2, 0.25) is 5.91 Å². The smallest absolute Gasteiger partial charge is 0.272 e. The molecule has 1 aliphatic carbocycles. The molecule has 1 saturated heterocycles. The van der Waals surface area contributed by atoms with E-state index >= 15 is 0 Å². The highest BCUT2D eigenvalue weighted by atomic mass is 16.5. The molecule has 2 aromatic rings. The number of fused-ring (bicyclic) bond motifs is 1. The average Bonchev–Trinajstić information content (AvgIpc) is 3.34. The Kier molecular flexibility index (Phi) is 5.04. The summed E-state index contributed by atoms with van der Waals surface area (Å²) in [6, 6.07) is 3.49. The second-order valence-corrected chi connectivity index (χ2v) is 7.76. The van der Waals surface area contributed by atoms with Gasteiger partial charge in [-0.1, -0.05) is 13.3 Å². The molecule has 7 heteroatoms. The van der Waals surface area contributed by atoms with Gasteiger partial charge in [-0.3, -0.25) is 14.7 Å². The number of nitrogens with zero attached hydrogens (tertiary/aromatic N) is 3. The van der Waals surface area contributed by atoms with Gasteiger partial charge in [0, 0.05) is 37.4 Å². The van der Waals surface area contributed by atoms with Crippen molar-refractivity contribution in [1.82, 2.24) is 19.5 Å². The van der Waals surface area contributed by atoms with Gasteiger partial charge in [-0.15, -0.1) is 0 Å². The molecule has 1 N–H and O–H groups in total. The van der Waals surface area contributed by atoms with Crippen LogP contribution in [0.3, 0.4) is 0 Å². The van der Waals surface area contributed by atoms with Gasteiger partial charge in [0.1, 0.15) is 0 Å². The summed E-state index contributed by atoms with van der Waals surface area (Å²) in [6.07, 6.45) is 6.64. The fourth-order valence-corrected chi connectivity index (χ4v) is 4.58. The molecule has 1 saturated carbocycles. The number of ether oxygens (including phenoxy) is 1. The summed E-state index contributed by atoms with van der Waals surface area (Å²) in [7, 11) is 1.73. The molecule has 2 aromatic heterocycles. The van der Waals surface area contributed by atoms with E-state index in [1.165, 1.54) is 4.52 Å². The Labute approximate surface area is 158 Å². The standard InChI is InChI=1S/C20H28N4O3/c1-3-14-11-19(25)24-18(21-14)12-16(22-24)17-8-5-9-23(17)20(26)13-6-4-7-15(10-13)27-2/h11-13,15,17,22H,3-10H2,1-2H3/t13-,15-,17+/m1/s1. The fourth-order valence-electron chi connectivity index (χ4n) is 4.58. The first-order valence-corrected chi connectivity index (χ1v) is 10.1. The normalized spacial score (nSPS) is 26.0. The molecule has 3 heterocycles. The fraction of sp³-hybridized carbons (Fsp3) is 0.650. The van der Waals surface area contributed by atoms with Crippen LogP contribution in [-0.2, 0) is 16.0 Å². The predicted octanol–water partition coefficient (Wildman–Crippen LogP) is 2.45. The number of likely N-dealkylation sites (tertiary alicyclic amines) is 1. The van der Waals surface area contributed by atoms with Gasteiger partial charge in [0.25, 0.3) is 5.56 Å². The minimum absolute atomic E-state index is 0.00778. The largest absolute Gasteiger partial charge is 0.381 e. The van der Waals surface area contributed by atoms with Crippen molar-refractivity contribution < 1.29 is 9.53 Å². The highest BCUT2D eigenvalue weighted by Gasteiger charge is 2.37. The molecule has 1 aliphatic heterocycles. The average molecular weight is 372 g/mol. The van der Waals surface area contributed by atoms with Crippen molar-refractivity contribution in [2.24, 2.45) is 5.92 Å². The summed E-state index contributed by atoms with van der Waals surface area (Å²) in [5, 5.41) is 3.19. The number of hydrogen-bond donors (Lipinski definition) is 1. The van der Waals surface area contributed by atoms with E-state index in [1.54, 1.807) is 13.2 Å². The summed E-state index contributed by atoms with van der Waals surface area (Å²) < 4.78 is 6.98. The topological polar surface area (TPSA) is 79.7 Å². The lowest BCUT2D eigenvalue weighted by atomic mass is 9.86. The van der Waals surface area contributed by atoms with Crippen LogP contribution in [0, 0.1) is 5.92 Å². The Bertz CT molecular complexity index is 887. The van der Waals surface area contributed by atoms with Crippen LogP contribution in [0.2, 0.25) is 0 Å². The molecule has 2 aliphatic rings. The van der Waals surface area contributed by atoms with Crippen molar-refractivity contribution in [2.45, 2.75) is 64.0 Å². The van der Waals surface area contributed by atoms with E-state index in [4.69, 9.17) is 4.74 Å². The Morgan fingerprint density at radius 1 is 1.30 bits per heavy atom. The quantitative estimate of drug-likeness (QED) is 0.894. The van der Waals surface area contributed by atoms with Crippen LogP contribution in [-0.4, -0.2) is 45.2 Å². The molecule has 1 amide bonds. The van der Waals surface area contributed by atoms with Crippen LogP contribution in [0.4, 0.5) is 0 Å². The maximum Gasteiger partial charge on any atom is 0.272 e. The first kappa shape index (κ1) is 18.2. The van der Waals surface area contributed by atoms with Crippen molar-refractivity contribution in [1.29, 1.82) is 0 Å². The maximum absolute atomic E-state index is 13.2. The van der Waals surface area contributed by atoms with Crippen LogP contribution in [0.5, 0.6) is 0 Å². The molecular formula is C20H28N4O3. The van der Waals surface area contributed by atoms with Crippen LogP contribution >= 0.6 is 0 Å². The van der Waals surface area contributed by atoms with E-state index < -0.39 is 0 Å². The molecule has 0 spiro atoms. The number of aryl methyl sites for hydroxylation is 1. The molecule has 0 radical (unpaired) electrons. The Balaban J connectivity index is 1.59. The van der Waals surface area contributed by atoms with Gasteiger partial charge in [-0.25, -0.2) is 9.50 Å². The number of carbonyl (C=O) groups excluding carboxylic acids is 1. The zero-order valence-electron chi connectivity index (χ0n) is 16.1. The minimum atomic E-state index is -0.103. The van der Waals surface area contributed by atoms with E-state index in [2.05, 4.69) is 10.1 Å². The summed E-state index contributed by atoms with van der Waals surface area (Å²) in [4.78, 5) is 32.1. The number of methoxy groups -OCH3 is 1. The van der Waals surface area contributed by atoms with Gasteiger partial charge < -0.3 is 9.64 Å². The summed E-state index contributed by atoms with van der Waals surface area (Å²) in [6.45, 7) is 2.76. The third-order valence-corrected chi connectivity index (χ3v) is 6.09. The molecule has 0 bridgehead atoms. The molecular weight excluding hydrogens is 344 g/mol. The van der Waals surface area contributed by atoms with E-state index in [9.17, 15) is 9.59 Å². The van der Waals surface area contributed by atoms with E-state index in [1.807, 2.05) is 17.9 Å². The van der Waals surface area contributed by atoms with E-state index in [-0.39, 0.29) is 29.5 Å². The van der Waals surface area contributed by atoms with Crippen LogP contribution in [0.25, 0.3) is 5.65 Å². The Hall–Kier alpha value is -2.15. The number of nitrogens with one attached hydrogen (secondary N) is 1. The number of aromatic nitrogens is 3. The van der Waals surface area contributed by atoms with Gasteiger partial charge in [0.15, 0.2) is 5.65 Å². The van der Waals surface area contributed by atoms with Crippen molar-refractivity contribution in [3.63, 3.8) is 0 Å². The monoisotopic (exact) mass is 372 g/mol. The molecule has 4 rings (SSSR count). The maximum atomic E-state index is 13.2. The lowest BCUT2D eigenvalue weighted by molar-refractivity contribution is -0.139. The van der Waals surface area contributed by atoms with Crippen LogP contribution in [0.1, 0.15) is 62.9 Å². The van der Waals surface area contributed by atoms with Crippen molar-refractivity contribution in [3.05, 3.63) is 33.9 Å². The Morgan fingerprint density at radius 2 is 2.15 bits per heavy atom. The van der Waals surface area contributed by atoms with Crippen molar-refractivity contribution in [3.8, 4) is 0 Å². The third kappa shape index (κ3) is 3.40. The molecule has 7 nitrogen and oxygen atoms in total. The molecule has 3 atom stereocenters. The second-order valence-electron chi connectivity index (χ2n) is 7.76. The second kappa shape index (κ2) is 7.46. The minimum Gasteiger partial charge on any atom is -0.381 e. The lowest BCUT2D eigenvalue weighted by Crippen LogP contribution is -2.39. The van der Waals surface area contributed by atoms with Gasteiger partial charge in [0.05, 0.1) is 17.8 Å². The number of carbonyl (C=O) groups is 1. The number of aromatic amines is 1. The van der Waals surface area contributed by atoms with E-state index in [0.29, 0.717) is 5.65 Å². The molecule has 27 heavy (non-hydrogen) atoms. The predicted molar refractivity (Wildman–Crippen MR) is 102 cm³/mol. The number of hydrogen-bond acceptors (Lipinski definition) is 4. The highest BCUT2D eigenvalue weighted by molar-refractivity contribution is 5.79. The van der Waals surface area contributed by atoms with Gasteiger partial charge in [-0.05, 0) is 38.5 Å². The number of H-pyrrole nitrogens is 1. The highest BCUT2D eigenvalue weighted by Crippen LogP contribution is 2.36. The first-order valence-electron chi connectivity index (χ1n) is 10.1. The Morgan fingerprint density at radius 3 is 2.93 bits per heavy atom. The summed E-state index contributed by atoms with van der Waals surface area (Å²) in [5.41, 5.74) is 2.22. The van der Waals surface area contributed by atoms with Gasteiger partial charge >= 0.3 is 0 Å². The first-order chi connectivity index (χ1) is 13.1. The molecule has 0 aromatic carbocycles. The zero-order valence-corrected chi connectivity index (χ0v) is 16.1. The summed E-state index contributed by atoms with van der Waals surface area (Å²) in [5.74, 6) is 0.272. The van der Waals surface area contributed by atoms with E-state index in [0.717, 1.165) is 62.9 Å². The zero-order chi connectivity index (χ0) is 19.0. The van der Waals surface area contributed by atoms with Crippen molar-refractivity contribution in [2.75, 3.05) is 13.7 Å². The summed E-state index contributed by atoms with van der Waals surface area (Å²) >= 11 is 0. The SMILES string of the molecule is CCc1cc(=O)n2[nH]c([C@@H]3CCCN3C(=O)[C@@H]3CCC[C@@H](OC)C3)cc2n1. The molecule has 2 fully saturated rings. The van der Waals surface area contributed by atoms with Crippen LogP contribution < -0.4 is 5.56 Å². The molecule has 0 unspecified atom stereocenters. The molecule has 146 valence electrons.